The summed E-state index contributed by atoms with van der Waals surface area (Å²) in [7, 11) is 0. The lowest BCUT2D eigenvalue weighted by atomic mass is 9.68. The van der Waals surface area contributed by atoms with Gasteiger partial charge in [-0.1, -0.05) is 64.5 Å². The fraction of sp³-hybridized carbons (Fsp3) is 0.364. The number of piperidine rings is 1. The molecule has 140 valence electrons. The maximum absolute atomic E-state index is 12.9. The van der Waals surface area contributed by atoms with E-state index in [0.29, 0.717) is 16.3 Å². The van der Waals surface area contributed by atoms with Crippen LogP contribution in [0.15, 0.2) is 60.7 Å². The number of amides is 2. The first-order chi connectivity index (χ1) is 13.1. The van der Waals surface area contributed by atoms with Crippen LogP contribution in [0.2, 0.25) is 0 Å². The van der Waals surface area contributed by atoms with Crippen LogP contribution in [-0.4, -0.2) is 28.7 Å². The second-order valence-corrected chi connectivity index (χ2v) is 8.74. The predicted molar refractivity (Wildman–Crippen MR) is 109 cm³/mol. The Morgan fingerprint density at radius 2 is 1.67 bits per heavy atom. The zero-order valence-corrected chi connectivity index (χ0v) is 16.6. The Balaban J connectivity index is 1.67. The van der Waals surface area contributed by atoms with Crippen LogP contribution in [-0.2, 0) is 4.79 Å². The Hall–Kier alpha value is -2.14. The van der Waals surface area contributed by atoms with Gasteiger partial charge < -0.3 is 10.6 Å². The number of alkyl halides is 1. The Labute approximate surface area is 167 Å². The number of hydrogen-bond donors (Lipinski definition) is 2. The molecule has 1 aliphatic heterocycles. The summed E-state index contributed by atoms with van der Waals surface area (Å²) >= 11 is 3.77. The summed E-state index contributed by atoms with van der Waals surface area (Å²) in [6.07, 6.45) is 3.02. The van der Waals surface area contributed by atoms with Crippen molar-refractivity contribution in [2.45, 2.75) is 42.1 Å². The third-order valence-corrected chi connectivity index (χ3v) is 6.60. The lowest BCUT2D eigenvalue weighted by molar-refractivity contribution is -0.128. The standard InChI is InChI=1S/C22H23BrN2O2/c23-16-11-12-18-17(13-16)19(14-7-3-1-4-8-14)20(22(27)24-18)25-21(26)15-9-5-2-6-10-15/h1-10,16-20H,11-13H2,(H,24,27)(H,25,26). The molecule has 2 aromatic carbocycles. The van der Waals surface area contributed by atoms with Crippen LogP contribution >= 0.6 is 15.9 Å². The van der Waals surface area contributed by atoms with Gasteiger partial charge in [0, 0.05) is 22.4 Å². The average Bonchev–Trinajstić information content (AvgIpc) is 2.70. The van der Waals surface area contributed by atoms with Crippen LogP contribution in [0.3, 0.4) is 0 Å². The number of fused-ring (bicyclic) bond motifs is 1. The predicted octanol–water partition coefficient (Wildman–Crippen LogP) is 3.63. The Morgan fingerprint density at radius 3 is 2.37 bits per heavy atom. The first-order valence-electron chi connectivity index (χ1n) is 9.49. The fourth-order valence-electron chi connectivity index (χ4n) is 4.50. The molecule has 1 aliphatic carbocycles. The zero-order valence-electron chi connectivity index (χ0n) is 15.0. The Bertz CT molecular complexity index is 812. The van der Waals surface area contributed by atoms with E-state index in [4.69, 9.17) is 0 Å². The highest BCUT2D eigenvalue weighted by molar-refractivity contribution is 9.09. The molecule has 0 spiro atoms. The minimum absolute atomic E-state index is 0.0297. The summed E-state index contributed by atoms with van der Waals surface area (Å²) in [5, 5.41) is 6.19. The molecule has 1 saturated heterocycles. The van der Waals surface area contributed by atoms with Gasteiger partial charge in [0.15, 0.2) is 0 Å². The van der Waals surface area contributed by atoms with Crippen LogP contribution in [0, 0.1) is 5.92 Å². The maximum atomic E-state index is 12.9. The lowest BCUT2D eigenvalue weighted by Gasteiger charge is -2.47. The molecule has 0 bridgehead atoms. The highest BCUT2D eigenvalue weighted by atomic mass is 79.9. The van der Waals surface area contributed by atoms with E-state index in [2.05, 4.69) is 38.7 Å². The second-order valence-electron chi connectivity index (χ2n) is 7.44. The molecular formula is C22H23BrN2O2. The van der Waals surface area contributed by atoms with E-state index in [0.717, 1.165) is 24.8 Å². The molecule has 2 aromatic rings. The highest BCUT2D eigenvalue weighted by Gasteiger charge is 2.47. The van der Waals surface area contributed by atoms with Gasteiger partial charge in [-0.25, -0.2) is 0 Å². The molecule has 2 amide bonds. The molecule has 5 atom stereocenters. The van der Waals surface area contributed by atoms with Gasteiger partial charge in [0.1, 0.15) is 6.04 Å². The number of benzene rings is 2. The quantitative estimate of drug-likeness (QED) is 0.736. The molecule has 5 heteroatoms. The maximum Gasteiger partial charge on any atom is 0.251 e. The van der Waals surface area contributed by atoms with Crippen LogP contribution in [0.4, 0.5) is 0 Å². The van der Waals surface area contributed by atoms with Crippen LogP contribution < -0.4 is 10.6 Å². The summed E-state index contributed by atoms with van der Waals surface area (Å²) < 4.78 is 0. The smallest absolute Gasteiger partial charge is 0.251 e. The molecule has 4 nitrogen and oxygen atoms in total. The lowest BCUT2D eigenvalue weighted by Crippen LogP contribution is -2.62. The van der Waals surface area contributed by atoms with E-state index in [1.165, 1.54) is 0 Å². The molecule has 27 heavy (non-hydrogen) atoms. The number of halogens is 1. The van der Waals surface area contributed by atoms with Crippen molar-refractivity contribution in [2.75, 3.05) is 0 Å². The molecule has 0 aromatic heterocycles. The van der Waals surface area contributed by atoms with Gasteiger partial charge in [-0.2, -0.15) is 0 Å². The molecule has 1 heterocycles. The van der Waals surface area contributed by atoms with Crippen LogP contribution in [0.25, 0.3) is 0 Å². The normalized spacial score (nSPS) is 30.1. The first-order valence-corrected chi connectivity index (χ1v) is 10.4. The van der Waals surface area contributed by atoms with E-state index in [1.807, 2.05) is 36.4 Å². The molecule has 0 radical (unpaired) electrons. The van der Waals surface area contributed by atoms with Crippen molar-refractivity contribution in [1.29, 1.82) is 0 Å². The molecule has 2 aliphatic rings. The molecule has 5 unspecified atom stereocenters. The van der Waals surface area contributed by atoms with Gasteiger partial charge >= 0.3 is 0 Å². The number of hydrogen-bond acceptors (Lipinski definition) is 2. The topological polar surface area (TPSA) is 58.2 Å². The van der Waals surface area contributed by atoms with Crippen LogP contribution in [0.1, 0.15) is 41.1 Å². The van der Waals surface area contributed by atoms with Crippen molar-refractivity contribution in [2.24, 2.45) is 5.92 Å². The van der Waals surface area contributed by atoms with E-state index in [1.54, 1.807) is 12.1 Å². The minimum Gasteiger partial charge on any atom is -0.351 e. The largest absolute Gasteiger partial charge is 0.351 e. The third kappa shape index (κ3) is 3.79. The Kier molecular flexibility index (Phi) is 5.30. The fourth-order valence-corrected chi connectivity index (χ4v) is 5.19. The van der Waals surface area contributed by atoms with Crippen molar-refractivity contribution in [3.63, 3.8) is 0 Å². The first kappa shape index (κ1) is 18.2. The monoisotopic (exact) mass is 426 g/mol. The second kappa shape index (κ2) is 7.85. The van der Waals surface area contributed by atoms with Crippen LogP contribution in [0.5, 0.6) is 0 Å². The van der Waals surface area contributed by atoms with Gasteiger partial charge in [0.2, 0.25) is 5.91 Å². The summed E-state index contributed by atoms with van der Waals surface area (Å²) in [5.41, 5.74) is 1.68. The van der Waals surface area contributed by atoms with Gasteiger partial charge in [0.05, 0.1) is 0 Å². The van der Waals surface area contributed by atoms with Crippen molar-refractivity contribution in [3.8, 4) is 0 Å². The van der Waals surface area contributed by atoms with E-state index in [9.17, 15) is 9.59 Å². The number of nitrogens with one attached hydrogen (secondary N) is 2. The highest BCUT2D eigenvalue weighted by Crippen LogP contribution is 2.43. The van der Waals surface area contributed by atoms with Gasteiger partial charge in [-0.3, -0.25) is 9.59 Å². The molecule has 1 saturated carbocycles. The molecule has 2 fully saturated rings. The average molecular weight is 427 g/mol. The van der Waals surface area contributed by atoms with Crippen molar-refractivity contribution in [1.82, 2.24) is 10.6 Å². The molecule has 2 N–H and O–H groups in total. The zero-order chi connectivity index (χ0) is 18.8. The third-order valence-electron chi connectivity index (χ3n) is 5.77. The van der Waals surface area contributed by atoms with Crippen molar-refractivity contribution < 1.29 is 9.59 Å². The summed E-state index contributed by atoms with van der Waals surface area (Å²) in [6, 6.07) is 18.8. The van der Waals surface area contributed by atoms with Gasteiger partial charge in [0.25, 0.3) is 5.91 Å². The van der Waals surface area contributed by atoms with E-state index < -0.39 is 6.04 Å². The number of carbonyl (C=O) groups excluding carboxylic acids is 2. The number of carbonyl (C=O) groups is 2. The molecular weight excluding hydrogens is 404 g/mol. The van der Waals surface area contributed by atoms with E-state index in [-0.39, 0.29) is 23.8 Å². The summed E-state index contributed by atoms with van der Waals surface area (Å²) in [6.45, 7) is 0. The SMILES string of the molecule is O=C(NC1C(=O)NC2CCC(Br)CC2C1c1ccccc1)c1ccccc1. The van der Waals surface area contributed by atoms with Crippen molar-refractivity contribution in [3.05, 3.63) is 71.8 Å². The summed E-state index contributed by atoms with van der Waals surface area (Å²) in [4.78, 5) is 26.2. The summed E-state index contributed by atoms with van der Waals surface area (Å²) in [5.74, 6) is -0.0222. The molecule has 4 rings (SSSR count). The number of rotatable bonds is 3. The van der Waals surface area contributed by atoms with Crippen molar-refractivity contribution >= 4 is 27.7 Å². The minimum atomic E-state index is -0.570. The van der Waals surface area contributed by atoms with Gasteiger partial charge in [-0.05, 0) is 42.9 Å². The van der Waals surface area contributed by atoms with Gasteiger partial charge in [-0.15, -0.1) is 0 Å². The van der Waals surface area contributed by atoms with E-state index >= 15 is 0 Å². The Morgan fingerprint density at radius 1 is 1.00 bits per heavy atom.